The van der Waals surface area contributed by atoms with Crippen molar-refractivity contribution >= 4 is 55.0 Å². The fourth-order valence-corrected chi connectivity index (χ4v) is 2.31. The maximum atomic E-state index is 13.6. The molecule has 1 aromatic carbocycles. The molecule has 0 aliphatic rings. The van der Waals surface area contributed by atoms with Crippen LogP contribution in [0.1, 0.15) is 0 Å². The van der Waals surface area contributed by atoms with Gasteiger partial charge in [-0.3, -0.25) is 0 Å². The summed E-state index contributed by atoms with van der Waals surface area (Å²) in [5, 5.41) is 3.12. The van der Waals surface area contributed by atoms with Gasteiger partial charge in [0.15, 0.2) is 0 Å². The lowest BCUT2D eigenvalue weighted by Gasteiger charge is -2.09. The first-order valence-electron chi connectivity index (χ1n) is 4.70. The molecule has 0 unspecified atom stereocenters. The normalized spacial score (nSPS) is 10.5. The second-order valence-corrected chi connectivity index (χ2v) is 5.50. The average molecular weight is 398 g/mol. The van der Waals surface area contributed by atoms with Crippen LogP contribution in [0.25, 0.3) is 0 Å². The molecule has 0 aliphatic heterocycles. The molecular weight excluding hydrogens is 393 g/mol. The monoisotopic (exact) mass is 396 g/mol. The molecule has 7 heteroatoms. The van der Waals surface area contributed by atoms with Crippen molar-refractivity contribution in [3.05, 3.63) is 50.0 Å². The van der Waals surface area contributed by atoms with Gasteiger partial charge in [0.2, 0.25) is 0 Å². The largest absolute Gasteiger partial charge is 0.337 e. The van der Waals surface area contributed by atoms with E-state index in [0.29, 0.717) is 15.3 Å². The lowest BCUT2D eigenvalue weighted by atomic mass is 10.3. The molecule has 2 aromatic rings. The fourth-order valence-electron chi connectivity index (χ4n) is 1.25. The zero-order valence-electron chi connectivity index (χ0n) is 8.65. The van der Waals surface area contributed by atoms with E-state index in [1.807, 2.05) is 0 Å². The molecule has 0 saturated carbocycles. The van der Waals surface area contributed by atoms with Crippen molar-refractivity contribution < 1.29 is 8.78 Å². The fraction of sp³-hybridized carbons (Fsp3) is 0. The SMILES string of the molecule is Fc1cc(Nc2ncc(Cl)cc2Br)c(F)cc1Br. The van der Waals surface area contributed by atoms with E-state index < -0.39 is 11.6 Å². The van der Waals surface area contributed by atoms with Crippen molar-refractivity contribution in [3.63, 3.8) is 0 Å². The van der Waals surface area contributed by atoms with Gasteiger partial charge >= 0.3 is 0 Å². The highest BCUT2D eigenvalue weighted by molar-refractivity contribution is 9.10. The highest BCUT2D eigenvalue weighted by atomic mass is 79.9. The smallest absolute Gasteiger partial charge is 0.148 e. The van der Waals surface area contributed by atoms with Crippen molar-refractivity contribution in [2.75, 3.05) is 5.32 Å². The predicted molar refractivity (Wildman–Crippen MR) is 74.3 cm³/mol. The topological polar surface area (TPSA) is 24.9 Å². The van der Waals surface area contributed by atoms with E-state index >= 15 is 0 Å². The van der Waals surface area contributed by atoms with E-state index in [0.717, 1.165) is 12.1 Å². The molecule has 0 atom stereocenters. The van der Waals surface area contributed by atoms with E-state index in [-0.39, 0.29) is 10.2 Å². The van der Waals surface area contributed by atoms with E-state index in [2.05, 4.69) is 42.2 Å². The first kappa shape index (κ1) is 13.7. The Hall–Kier alpha value is -0.720. The lowest BCUT2D eigenvalue weighted by molar-refractivity contribution is 0.597. The van der Waals surface area contributed by atoms with Crippen molar-refractivity contribution in [2.24, 2.45) is 0 Å². The quantitative estimate of drug-likeness (QED) is 0.696. The molecular formula is C11H5Br2ClF2N2. The van der Waals surface area contributed by atoms with Crippen LogP contribution in [0.5, 0.6) is 0 Å². The molecule has 1 aromatic heterocycles. The maximum absolute atomic E-state index is 13.6. The first-order valence-corrected chi connectivity index (χ1v) is 6.66. The number of benzene rings is 1. The number of hydrogen-bond acceptors (Lipinski definition) is 2. The standard InChI is InChI=1S/C11H5Br2ClF2N2/c12-6-2-9(16)10(3-8(6)15)18-11-7(13)1-5(14)4-17-11/h1-4H,(H,17,18). The van der Waals surface area contributed by atoms with Crippen LogP contribution in [0.15, 0.2) is 33.3 Å². The van der Waals surface area contributed by atoms with Crippen LogP contribution in [0.2, 0.25) is 5.02 Å². The van der Waals surface area contributed by atoms with Crippen LogP contribution in [-0.2, 0) is 0 Å². The van der Waals surface area contributed by atoms with E-state index in [4.69, 9.17) is 11.6 Å². The molecule has 1 N–H and O–H groups in total. The molecule has 0 bridgehead atoms. The molecule has 0 saturated heterocycles. The Morgan fingerprint density at radius 3 is 2.44 bits per heavy atom. The minimum absolute atomic E-state index is 0.00813. The van der Waals surface area contributed by atoms with Gasteiger partial charge < -0.3 is 5.32 Å². The van der Waals surface area contributed by atoms with Gasteiger partial charge in [0, 0.05) is 12.3 Å². The number of anilines is 2. The van der Waals surface area contributed by atoms with Crippen LogP contribution < -0.4 is 5.32 Å². The summed E-state index contributed by atoms with van der Waals surface area (Å²) in [6.07, 6.45) is 1.40. The number of hydrogen-bond donors (Lipinski definition) is 1. The molecule has 0 radical (unpaired) electrons. The number of pyridine rings is 1. The molecule has 0 spiro atoms. The summed E-state index contributed by atoms with van der Waals surface area (Å²) in [7, 11) is 0. The van der Waals surface area contributed by atoms with Gasteiger partial charge in [-0.2, -0.15) is 0 Å². The Morgan fingerprint density at radius 2 is 1.78 bits per heavy atom. The number of nitrogens with one attached hydrogen (secondary N) is 1. The summed E-state index contributed by atoms with van der Waals surface area (Å²) in [4.78, 5) is 3.98. The van der Waals surface area contributed by atoms with Gasteiger partial charge in [-0.15, -0.1) is 0 Å². The Kier molecular flexibility index (Phi) is 4.19. The molecule has 0 fully saturated rings. The van der Waals surface area contributed by atoms with Crippen molar-refractivity contribution in [1.29, 1.82) is 0 Å². The Morgan fingerprint density at radius 1 is 1.06 bits per heavy atom. The van der Waals surface area contributed by atoms with Crippen molar-refractivity contribution in [3.8, 4) is 0 Å². The third-order valence-corrected chi connectivity index (χ3v) is 3.49. The summed E-state index contributed by atoms with van der Waals surface area (Å²) < 4.78 is 27.5. The third kappa shape index (κ3) is 2.99. The van der Waals surface area contributed by atoms with Crippen LogP contribution in [0.4, 0.5) is 20.3 Å². The number of nitrogens with zero attached hydrogens (tertiary/aromatic N) is 1. The zero-order chi connectivity index (χ0) is 13.3. The molecule has 94 valence electrons. The van der Waals surface area contributed by atoms with Crippen molar-refractivity contribution in [1.82, 2.24) is 4.98 Å². The summed E-state index contributed by atoms with van der Waals surface area (Å²) in [5.41, 5.74) is -0.00813. The Bertz CT molecular complexity index is 608. The van der Waals surface area contributed by atoms with Crippen LogP contribution >= 0.6 is 43.5 Å². The number of halogens is 5. The summed E-state index contributed by atoms with van der Waals surface area (Å²) in [6, 6.07) is 3.69. The molecule has 2 rings (SSSR count). The average Bonchev–Trinajstić information content (AvgIpc) is 2.29. The zero-order valence-corrected chi connectivity index (χ0v) is 12.6. The highest BCUT2D eigenvalue weighted by Crippen LogP contribution is 2.29. The Balaban J connectivity index is 2.37. The predicted octanol–water partition coefficient (Wildman–Crippen LogP) is 5.28. The van der Waals surface area contributed by atoms with Gasteiger partial charge in [-0.05, 0) is 44.0 Å². The highest BCUT2D eigenvalue weighted by Gasteiger charge is 2.10. The van der Waals surface area contributed by atoms with Gasteiger partial charge in [0.05, 0.1) is 19.7 Å². The van der Waals surface area contributed by atoms with Crippen LogP contribution in [0.3, 0.4) is 0 Å². The number of aromatic nitrogens is 1. The number of rotatable bonds is 2. The summed E-state index contributed by atoms with van der Waals surface area (Å²) in [5.74, 6) is -0.809. The van der Waals surface area contributed by atoms with Gasteiger partial charge in [-0.25, -0.2) is 13.8 Å². The minimum Gasteiger partial charge on any atom is -0.337 e. The minimum atomic E-state index is -0.591. The van der Waals surface area contributed by atoms with E-state index in [9.17, 15) is 8.78 Å². The van der Waals surface area contributed by atoms with Gasteiger partial charge in [-0.1, -0.05) is 11.6 Å². The third-order valence-electron chi connectivity index (χ3n) is 2.07. The second-order valence-electron chi connectivity index (χ2n) is 3.36. The maximum Gasteiger partial charge on any atom is 0.148 e. The molecule has 2 nitrogen and oxygen atoms in total. The van der Waals surface area contributed by atoms with E-state index in [1.54, 1.807) is 6.07 Å². The Labute approximate surface area is 124 Å². The first-order chi connectivity index (χ1) is 8.47. The van der Waals surface area contributed by atoms with Crippen LogP contribution in [-0.4, -0.2) is 4.98 Å². The van der Waals surface area contributed by atoms with Crippen LogP contribution in [0, 0.1) is 11.6 Å². The molecule has 0 amide bonds. The van der Waals surface area contributed by atoms with Crippen molar-refractivity contribution in [2.45, 2.75) is 0 Å². The molecule has 18 heavy (non-hydrogen) atoms. The lowest BCUT2D eigenvalue weighted by Crippen LogP contribution is -1.98. The molecule has 1 heterocycles. The summed E-state index contributed by atoms with van der Waals surface area (Å²) in [6.45, 7) is 0. The second kappa shape index (κ2) is 5.50. The van der Waals surface area contributed by atoms with Gasteiger partial charge in [0.25, 0.3) is 0 Å². The summed E-state index contributed by atoms with van der Waals surface area (Å²) >= 11 is 11.9. The molecule has 0 aliphatic carbocycles. The van der Waals surface area contributed by atoms with E-state index in [1.165, 1.54) is 6.20 Å². The van der Waals surface area contributed by atoms with Gasteiger partial charge in [0.1, 0.15) is 17.5 Å².